The highest BCUT2D eigenvalue weighted by molar-refractivity contribution is 6.03. The number of pyridine rings is 1. The highest BCUT2D eigenvalue weighted by Gasteiger charge is 2.32. The molecule has 3 rings (SSSR count). The number of rotatable bonds is 9. The first-order valence-corrected chi connectivity index (χ1v) is 15.2. The van der Waals surface area contributed by atoms with Crippen LogP contribution in [0.25, 0.3) is 0 Å². The van der Waals surface area contributed by atoms with E-state index in [9.17, 15) is 14.0 Å². The maximum absolute atomic E-state index is 14.4. The van der Waals surface area contributed by atoms with E-state index in [2.05, 4.69) is 41.0 Å². The van der Waals surface area contributed by atoms with Crippen LogP contribution < -0.4 is 20.9 Å². The lowest BCUT2D eigenvalue weighted by atomic mass is 9.94. The van der Waals surface area contributed by atoms with E-state index in [1.54, 1.807) is 24.2 Å². The Morgan fingerprint density at radius 2 is 1.91 bits per heavy atom. The van der Waals surface area contributed by atoms with E-state index < -0.39 is 17.4 Å². The fourth-order valence-corrected chi connectivity index (χ4v) is 4.96. The van der Waals surface area contributed by atoms with E-state index in [0.29, 0.717) is 43.7 Å². The molecule has 43 heavy (non-hydrogen) atoms. The first-order valence-electron chi connectivity index (χ1n) is 15.2. The van der Waals surface area contributed by atoms with Crippen LogP contribution in [-0.2, 0) is 16.0 Å². The normalized spacial score (nSPS) is 13.7. The number of carbonyl (C=O) groups excluding carboxylic acids is 2. The molecule has 0 bridgehead atoms. The van der Waals surface area contributed by atoms with Gasteiger partial charge in [0.25, 0.3) is 0 Å². The molecule has 1 aromatic carbocycles. The number of fused-ring (bicyclic) bond motifs is 1. The van der Waals surface area contributed by atoms with E-state index >= 15 is 0 Å². The number of nitrogens with zero attached hydrogens (tertiary/aromatic N) is 4. The Kier molecular flexibility index (Phi) is 12.5. The zero-order valence-electron chi connectivity index (χ0n) is 27.7. The van der Waals surface area contributed by atoms with Crippen molar-refractivity contribution in [2.45, 2.75) is 87.2 Å². The van der Waals surface area contributed by atoms with Crippen molar-refractivity contribution in [2.75, 3.05) is 47.5 Å². The highest BCUT2D eigenvalue weighted by atomic mass is 19.1. The summed E-state index contributed by atoms with van der Waals surface area (Å²) in [5.74, 6) is -0.443. The van der Waals surface area contributed by atoms with Gasteiger partial charge in [-0.05, 0) is 63.6 Å². The smallest absolute Gasteiger partial charge is 0.327 e. The summed E-state index contributed by atoms with van der Waals surface area (Å²) >= 11 is 0. The Labute approximate surface area is 257 Å². The van der Waals surface area contributed by atoms with Crippen LogP contribution in [0.2, 0.25) is 0 Å². The third kappa shape index (κ3) is 9.93. The number of aliphatic imine (C=N–C) groups is 1. The van der Waals surface area contributed by atoms with Crippen molar-refractivity contribution in [1.29, 1.82) is 0 Å². The zero-order chi connectivity index (χ0) is 32.5. The molecule has 10 heteroatoms. The molecule has 1 unspecified atom stereocenters. The molecular weight excluding hydrogens is 547 g/mol. The van der Waals surface area contributed by atoms with Gasteiger partial charge in [-0.2, -0.15) is 0 Å². The highest BCUT2D eigenvalue weighted by Crippen LogP contribution is 2.36. The average Bonchev–Trinajstić information content (AvgIpc) is 3.35. The number of hydrogen-bond acceptors (Lipinski definition) is 7. The van der Waals surface area contributed by atoms with Crippen LogP contribution in [0, 0.1) is 17.2 Å². The summed E-state index contributed by atoms with van der Waals surface area (Å²) in [5.41, 5.74) is 7.87. The standard InChI is InChI=1S/C31H45FN6O3.C2H6/c1-9-20(28(39)41-31(5,6)7)11-14-37(19-30(2,3)4)25-10-13-35-27-23(25)12-15-38(27)29(40)36-22-16-21(18-34-8)26(33)24(32)17-22;1-2/h10,13,16-18,20H,9,11-12,14-15,19,33H2,1-8H3,(H,36,40);1-2H3. The van der Waals surface area contributed by atoms with Crippen molar-refractivity contribution in [1.82, 2.24) is 4.98 Å². The van der Waals surface area contributed by atoms with Gasteiger partial charge in [0, 0.05) is 61.6 Å². The minimum atomic E-state index is -0.630. The quantitative estimate of drug-likeness (QED) is 0.181. The van der Waals surface area contributed by atoms with Crippen LogP contribution in [0.1, 0.15) is 86.3 Å². The van der Waals surface area contributed by atoms with Gasteiger partial charge in [0.05, 0.1) is 11.6 Å². The maximum Gasteiger partial charge on any atom is 0.327 e. The van der Waals surface area contributed by atoms with Crippen LogP contribution in [0.4, 0.5) is 32.1 Å². The number of nitrogens with two attached hydrogens (primary N) is 1. The van der Waals surface area contributed by atoms with Crippen molar-refractivity contribution in [2.24, 2.45) is 16.3 Å². The summed E-state index contributed by atoms with van der Waals surface area (Å²) < 4.78 is 20.1. The summed E-state index contributed by atoms with van der Waals surface area (Å²) in [6.07, 6.45) is 5.12. The average molecular weight is 599 g/mol. The van der Waals surface area contributed by atoms with Gasteiger partial charge in [-0.3, -0.25) is 14.7 Å². The number of nitrogen functional groups attached to an aromatic ring is 1. The molecule has 0 fully saturated rings. The van der Waals surface area contributed by atoms with Crippen molar-refractivity contribution < 1.29 is 18.7 Å². The second-order valence-corrected chi connectivity index (χ2v) is 12.7. The van der Waals surface area contributed by atoms with E-state index in [-0.39, 0.29) is 28.7 Å². The minimum Gasteiger partial charge on any atom is -0.460 e. The Balaban J connectivity index is 0.00000316. The van der Waals surface area contributed by atoms with E-state index in [4.69, 9.17) is 10.5 Å². The van der Waals surface area contributed by atoms with E-state index in [0.717, 1.165) is 17.8 Å². The van der Waals surface area contributed by atoms with Gasteiger partial charge in [0.2, 0.25) is 0 Å². The lowest BCUT2D eigenvalue weighted by Crippen LogP contribution is -2.36. The van der Waals surface area contributed by atoms with Crippen LogP contribution >= 0.6 is 0 Å². The number of anilines is 4. The maximum atomic E-state index is 14.4. The second kappa shape index (κ2) is 15.2. The van der Waals surface area contributed by atoms with E-state index in [1.807, 2.05) is 47.6 Å². The molecule has 0 saturated carbocycles. The summed E-state index contributed by atoms with van der Waals surface area (Å²) in [5, 5.41) is 2.78. The molecule has 0 aliphatic carbocycles. The summed E-state index contributed by atoms with van der Waals surface area (Å²) in [6, 6.07) is 4.35. The van der Waals surface area contributed by atoms with Gasteiger partial charge >= 0.3 is 12.0 Å². The molecule has 0 saturated heterocycles. The molecule has 2 aromatic rings. The Hall–Kier alpha value is -3.69. The molecule has 1 aromatic heterocycles. The number of carbonyl (C=O) groups is 2. The fourth-order valence-electron chi connectivity index (χ4n) is 4.96. The molecule has 1 atom stereocenters. The van der Waals surface area contributed by atoms with Crippen molar-refractivity contribution in [3.05, 3.63) is 41.3 Å². The number of aromatic nitrogens is 1. The molecule has 2 amide bonds. The SMILES string of the molecule is CC.CCC(CCN(CC(C)(C)C)c1ccnc2c1CCN2C(=O)Nc1cc(F)c(N)c(C=NC)c1)C(=O)OC(C)(C)C. The largest absolute Gasteiger partial charge is 0.460 e. The number of ether oxygens (including phenoxy) is 1. The van der Waals surface area contributed by atoms with Gasteiger partial charge in [-0.1, -0.05) is 41.5 Å². The van der Waals surface area contributed by atoms with Crippen LogP contribution in [0.3, 0.4) is 0 Å². The number of halogens is 1. The van der Waals surface area contributed by atoms with Crippen LogP contribution in [0.5, 0.6) is 0 Å². The number of benzene rings is 1. The van der Waals surface area contributed by atoms with Gasteiger partial charge in [0.15, 0.2) is 0 Å². The zero-order valence-corrected chi connectivity index (χ0v) is 27.7. The number of esters is 1. The lowest BCUT2D eigenvalue weighted by Gasteiger charge is -2.34. The third-order valence-corrected chi connectivity index (χ3v) is 6.76. The van der Waals surface area contributed by atoms with Crippen molar-refractivity contribution in [3.8, 4) is 0 Å². The molecular formula is C33H51FN6O3. The number of urea groups is 1. The van der Waals surface area contributed by atoms with Gasteiger partial charge < -0.3 is 20.7 Å². The van der Waals surface area contributed by atoms with Gasteiger partial charge in [-0.25, -0.2) is 14.2 Å². The molecule has 0 spiro atoms. The Morgan fingerprint density at radius 3 is 2.49 bits per heavy atom. The second-order valence-electron chi connectivity index (χ2n) is 12.7. The molecule has 3 N–H and O–H groups in total. The first-order chi connectivity index (χ1) is 20.1. The molecule has 0 radical (unpaired) electrons. The fraction of sp³-hybridized carbons (Fsp3) is 0.576. The van der Waals surface area contributed by atoms with Crippen molar-refractivity contribution >= 4 is 41.1 Å². The number of hydrogen-bond donors (Lipinski definition) is 2. The molecule has 2 heterocycles. The number of amides is 2. The summed E-state index contributed by atoms with van der Waals surface area (Å²) in [4.78, 5) is 38.5. The number of nitrogens with one attached hydrogen (secondary N) is 1. The third-order valence-electron chi connectivity index (χ3n) is 6.76. The predicted octanol–water partition coefficient (Wildman–Crippen LogP) is 7.08. The summed E-state index contributed by atoms with van der Waals surface area (Å²) in [6.45, 7) is 20.0. The monoisotopic (exact) mass is 598 g/mol. The van der Waals surface area contributed by atoms with Crippen LogP contribution in [0.15, 0.2) is 29.4 Å². The Bertz CT molecular complexity index is 1280. The lowest BCUT2D eigenvalue weighted by molar-refractivity contribution is -0.160. The van der Waals surface area contributed by atoms with Gasteiger partial charge in [-0.15, -0.1) is 0 Å². The molecule has 1 aliphatic heterocycles. The van der Waals surface area contributed by atoms with Crippen molar-refractivity contribution in [3.63, 3.8) is 0 Å². The molecule has 9 nitrogen and oxygen atoms in total. The topological polar surface area (TPSA) is 113 Å². The summed E-state index contributed by atoms with van der Waals surface area (Å²) in [7, 11) is 1.57. The predicted molar refractivity (Wildman–Crippen MR) is 176 cm³/mol. The van der Waals surface area contributed by atoms with Crippen LogP contribution in [-0.4, -0.2) is 55.5 Å². The molecule has 238 valence electrons. The molecule has 1 aliphatic rings. The minimum absolute atomic E-state index is 0.0157. The van der Waals surface area contributed by atoms with Gasteiger partial charge in [0.1, 0.15) is 17.2 Å². The first kappa shape index (κ1) is 35.5. The Morgan fingerprint density at radius 1 is 1.23 bits per heavy atom. The van der Waals surface area contributed by atoms with E-state index in [1.165, 1.54) is 12.3 Å².